The molecule has 2 amide bonds. The van der Waals surface area contributed by atoms with Crippen molar-refractivity contribution in [3.63, 3.8) is 0 Å². The molecule has 0 radical (unpaired) electrons. The van der Waals surface area contributed by atoms with Gasteiger partial charge in [0.05, 0.1) is 6.42 Å². The number of hydrogen-bond acceptors (Lipinski definition) is 4. The van der Waals surface area contributed by atoms with Gasteiger partial charge in [-0.2, -0.15) is 0 Å². The molecule has 0 spiro atoms. The van der Waals surface area contributed by atoms with E-state index in [2.05, 4.69) is 5.32 Å². The molecule has 0 bridgehead atoms. The molecular formula is C14H18N2O5. The number of carbonyl (C=O) groups excluding carboxylic acids is 2. The van der Waals surface area contributed by atoms with Gasteiger partial charge in [-0.05, 0) is 5.56 Å². The van der Waals surface area contributed by atoms with Gasteiger partial charge in [0.2, 0.25) is 5.91 Å². The van der Waals surface area contributed by atoms with Gasteiger partial charge in [0.1, 0.15) is 12.6 Å². The van der Waals surface area contributed by atoms with Crippen molar-refractivity contribution in [1.82, 2.24) is 10.2 Å². The minimum atomic E-state index is -1.32. The molecule has 0 saturated heterocycles. The number of carbonyl (C=O) groups is 3. The monoisotopic (exact) mass is 294 g/mol. The van der Waals surface area contributed by atoms with E-state index in [9.17, 15) is 14.4 Å². The summed E-state index contributed by atoms with van der Waals surface area (Å²) in [5.41, 5.74) is 0.781. The summed E-state index contributed by atoms with van der Waals surface area (Å²) < 4.78 is 4.91. The Hall–Kier alpha value is -2.57. The molecule has 0 saturated carbocycles. The summed E-state index contributed by atoms with van der Waals surface area (Å²) in [7, 11) is 3.02. The fraction of sp³-hybridized carbons (Fsp3) is 0.357. The summed E-state index contributed by atoms with van der Waals surface area (Å²) in [5, 5.41) is 11.2. The van der Waals surface area contributed by atoms with Crippen LogP contribution in [0.15, 0.2) is 30.3 Å². The fourth-order valence-corrected chi connectivity index (χ4v) is 1.46. The Labute approximate surface area is 122 Å². The maximum Gasteiger partial charge on any atom is 0.408 e. The maximum absolute atomic E-state index is 11.6. The summed E-state index contributed by atoms with van der Waals surface area (Å²) >= 11 is 0. The summed E-state index contributed by atoms with van der Waals surface area (Å²) in [6, 6.07) is 7.66. The average Bonchev–Trinajstić information content (AvgIpc) is 2.45. The largest absolute Gasteiger partial charge is 0.480 e. The quantitative estimate of drug-likeness (QED) is 0.810. The van der Waals surface area contributed by atoms with Gasteiger partial charge in [-0.1, -0.05) is 30.3 Å². The highest BCUT2D eigenvalue weighted by Gasteiger charge is 2.24. The van der Waals surface area contributed by atoms with Crippen LogP contribution < -0.4 is 5.32 Å². The van der Waals surface area contributed by atoms with Crippen molar-refractivity contribution >= 4 is 18.0 Å². The van der Waals surface area contributed by atoms with Crippen molar-refractivity contribution in [3.05, 3.63) is 35.9 Å². The van der Waals surface area contributed by atoms with Crippen molar-refractivity contribution in [2.75, 3.05) is 14.1 Å². The van der Waals surface area contributed by atoms with Gasteiger partial charge in [0.15, 0.2) is 0 Å². The molecule has 0 aliphatic carbocycles. The normalized spacial score (nSPS) is 11.3. The van der Waals surface area contributed by atoms with E-state index in [4.69, 9.17) is 9.84 Å². The predicted molar refractivity (Wildman–Crippen MR) is 74.5 cm³/mol. The third-order valence-electron chi connectivity index (χ3n) is 2.68. The van der Waals surface area contributed by atoms with Crippen LogP contribution in [-0.2, 0) is 20.9 Å². The third-order valence-corrected chi connectivity index (χ3v) is 2.68. The number of carboxylic acids is 1. The first-order valence-corrected chi connectivity index (χ1v) is 6.30. The topological polar surface area (TPSA) is 95.9 Å². The first-order chi connectivity index (χ1) is 9.90. The third kappa shape index (κ3) is 5.94. The van der Waals surface area contributed by atoms with Crippen LogP contribution in [0.5, 0.6) is 0 Å². The molecular weight excluding hydrogens is 276 g/mol. The summed E-state index contributed by atoms with van der Waals surface area (Å²) in [6.45, 7) is 0.0284. The highest BCUT2D eigenvalue weighted by Crippen LogP contribution is 2.02. The molecule has 114 valence electrons. The van der Waals surface area contributed by atoms with E-state index >= 15 is 0 Å². The average molecular weight is 294 g/mol. The Morgan fingerprint density at radius 3 is 2.38 bits per heavy atom. The van der Waals surface area contributed by atoms with Gasteiger partial charge in [0, 0.05) is 14.1 Å². The molecule has 1 aromatic rings. The van der Waals surface area contributed by atoms with Gasteiger partial charge < -0.3 is 20.1 Å². The van der Waals surface area contributed by atoms with E-state index in [0.29, 0.717) is 0 Å². The SMILES string of the molecule is CN(C)C(=O)CC(NC(=O)OCc1ccccc1)C(=O)O. The molecule has 7 heteroatoms. The molecule has 0 heterocycles. The number of hydrogen-bond donors (Lipinski definition) is 2. The van der Waals surface area contributed by atoms with E-state index in [0.717, 1.165) is 5.56 Å². The van der Waals surface area contributed by atoms with Crippen molar-refractivity contribution in [2.24, 2.45) is 0 Å². The molecule has 1 unspecified atom stereocenters. The number of benzene rings is 1. The zero-order valence-electron chi connectivity index (χ0n) is 11.9. The number of amides is 2. The van der Waals surface area contributed by atoms with E-state index in [1.165, 1.54) is 19.0 Å². The van der Waals surface area contributed by atoms with Crippen LogP contribution in [0.25, 0.3) is 0 Å². The lowest BCUT2D eigenvalue weighted by atomic mass is 10.2. The molecule has 1 atom stereocenters. The van der Waals surface area contributed by atoms with Crippen LogP contribution in [0, 0.1) is 0 Å². The number of carboxylic acid groups (broad SMARTS) is 1. The van der Waals surface area contributed by atoms with Gasteiger partial charge in [0.25, 0.3) is 0 Å². The molecule has 1 aromatic carbocycles. The van der Waals surface area contributed by atoms with Gasteiger partial charge in [-0.15, -0.1) is 0 Å². The van der Waals surface area contributed by atoms with Gasteiger partial charge in [-0.3, -0.25) is 4.79 Å². The molecule has 0 fully saturated rings. The lowest BCUT2D eigenvalue weighted by Crippen LogP contribution is -2.44. The van der Waals surface area contributed by atoms with Crippen LogP contribution in [0.1, 0.15) is 12.0 Å². The Bertz CT molecular complexity index is 501. The van der Waals surface area contributed by atoms with E-state index < -0.39 is 24.0 Å². The smallest absolute Gasteiger partial charge is 0.408 e. The van der Waals surface area contributed by atoms with Crippen molar-refractivity contribution in [3.8, 4) is 0 Å². The Morgan fingerprint density at radius 2 is 1.86 bits per heavy atom. The van der Waals surface area contributed by atoms with Crippen LogP contribution in [0.3, 0.4) is 0 Å². The van der Waals surface area contributed by atoms with Crippen LogP contribution in [0.4, 0.5) is 4.79 Å². The molecule has 1 rings (SSSR count). The van der Waals surface area contributed by atoms with E-state index in [1.807, 2.05) is 6.07 Å². The molecule has 0 aliphatic heterocycles. The zero-order valence-corrected chi connectivity index (χ0v) is 11.9. The van der Waals surface area contributed by atoms with E-state index in [1.54, 1.807) is 24.3 Å². The fourth-order valence-electron chi connectivity index (χ4n) is 1.46. The summed E-state index contributed by atoms with van der Waals surface area (Å²) in [4.78, 5) is 35.3. The van der Waals surface area contributed by atoms with Crippen LogP contribution >= 0.6 is 0 Å². The number of nitrogens with one attached hydrogen (secondary N) is 1. The number of ether oxygens (including phenoxy) is 1. The predicted octanol–water partition coefficient (Wildman–Crippen LogP) is 0.844. The van der Waals surface area contributed by atoms with Crippen LogP contribution in [0.2, 0.25) is 0 Å². The standard InChI is InChI=1S/C14H18N2O5/c1-16(2)12(17)8-11(13(18)19)15-14(20)21-9-10-6-4-3-5-7-10/h3-7,11H,8-9H2,1-2H3,(H,15,20)(H,18,19). The molecule has 2 N–H and O–H groups in total. The van der Waals surface area contributed by atoms with Gasteiger partial charge >= 0.3 is 12.1 Å². The Kier molecular flexibility index (Phi) is 6.19. The Balaban J connectivity index is 2.49. The number of nitrogens with zero attached hydrogens (tertiary/aromatic N) is 1. The van der Waals surface area contributed by atoms with Crippen LogP contribution in [-0.4, -0.2) is 48.1 Å². The number of aliphatic carboxylic acids is 1. The zero-order chi connectivity index (χ0) is 15.8. The highest BCUT2D eigenvalue weighted by molar-refractivity contribution is 5.86. The highest BCUT2D eigenvalue weighted by atomic mass is 16.5. The van der Waals surface area contributed by atoms with Crippen molar-refractivity contribution in [2.45, 2.75) is 19.1 Å². The maximum atomic E-state index is 11.6. The summed E-state index contributed by atoms with van der Waals surface area (Å²) in [5.74, 6) is -1.69. The molecule has 0 aliphatic rings. The first kappa shape index (κ1) is 16.5. The lowest BCUT2D eigenvalue weighted by molar-refractivity contribution is -0.142. The van der Waals surface area contributed by atoms with E-state index in [-0.39, 0.29) is 13.0 Å². The summed E-state index contributed by atoms with van der Waals surface area (Å²) in [6.07, 6.45) is -1.21. The second-order valence-corrected chi connectivity index (χ2v) is 4.59. The first-order valence-electron chi connectivity index (χ1n) is 6.30. The molecule has 21 heavy (non-hydrogen) atoms. The molecule has 7 nitrogen and oxygen atoms in total. The van der Waals surface area contributed by atoms with Crippen molar-refractivity contribution in [1.29, 1.82) is 0 Å². The molecule has 0 aromatic heterocycles. The second-order valence-electron chi connectivity index (χ2n) is 4.59. The minimum Gasteiger partial charge on any atom is -0.480 e. The van der Waals surface area contributed by atoms with Crippen molar-refractivity contribution < 1.29 is 24.2 Å². The second kappa shape index (κ2) is 7.88. The minimum absolute atomic E-state index is 0.0284. The number of rotatable bonds is 6. The number of alkyl carbamates (subject to hydrolysis) is 1. The lowest BCUT2D eigenvalue weighted by Gasteiger charge is -2.16. The Morgan fingerprint density at radius 1 is 1.24 bits per heavy atom. The van der Waals surface area contributed by atoms with Gasteiger partial charge in [-0.25, -0.2) is 9.59 Å².